The molecule has 1 aliphatic heterocycles. The van der Waals surface area contributed by atoms with Crippen LogP contribution in [0.5, 0.6) is 11.5 Å². The average Bonchev–Trinajstić information content (AvgIpc) is 4.10. The number of benzene rings is 5. The first kappa shape index (κ1) is 55.8. The zero-order valence-electron chi connectivity index (χ0n) is 43.2. The normalized spacial score (nSPS) is 16.3. The van der Waals surface area contributed by atoms with Crippen molar-refractivity contribution in [1.82, 2.24) is 29.5 Å². The minimum absolute atomic E-state index is 0.0188. The third kappa shape index (κ3) is 12.6. The molecule has 7 aromatic rings. The predicted octanol–water partition coefficient (Wildman–Crippen LogP) is 11.9. The summed E-state index contributed by atoms with van der Waals surface area (Å²) >= 11 is 13.0. The molecule has 2 unspecified atom stereocenters. The Balaban J connectivity index is 1.12. The minimum Gasteiger partial charge on any atom is -0.497 e. The standard InChI is InChI=1S/C57H62Cl2N7O9P/c1-38(2)66(39(3)4)76(72-33-11-31-60)75-49-34-51(65-37-64-52-53(65)62-36-63-54(52)67)73-50(49)35-61-55(68)74-56(40-14-22-45(58)23-15-40,41-16-24-46(59)25-17-41)30-10-32-71-57(42-12-8-7-9-13-42,43-18-26-47(69-5)27-19-43)44-20-28-48(70-6)29-21-44/h7-9,12-29,36-39,49-51H,10-11,30,32-35H2,1-6H3,(H,61,68)(H,62,63,67)/t49?,50-,51-,76?/m1/s1. The van der Waals surface area contributed by atoms with Gasteiger partial charge in [-0.25, -0.2) is 19.4 Å². The van der Waals surface area contributed by atoms with Gasteiger partial charge in [0.05, 0.1) is 52.1 Å². The molecule has 1 saturated heterocycles. The molecule has 0 bridgehead atoms. The Morgan fingerprint density at radius 2 is 1.39 bits per heavy atom. The average molecular weight is 1090 g/mol. The summed E-state index contributed by atoms with van der Waals surface area (Å²) in [6.07, 6.45) is 1.04. The van der Waals surface area contributed by atoms with Crippen molar-refractivity contribution in [3.05, 3.63) is 188 Å². The van der Waals surface area contributed by atoms with E-state index in [1.54, 1.807) is 43.1 Å². The second-order valence-electron chi connectivity index (χ2n) is 18.7. The molecule has 5 aromatic carbocycles. The van der Waals surface area contributed by atoms with E-state index in [0.717, 1.165) is 16.7 Å². The molecule has 76 heavy (non-hydrogen) atoms. The number of hydrogen-bond donors (Lipinski definition) is 2. The summed E-state index contributed by atoms with van der Waals surface area (Å²) < 4.78 is 49.0. The lowest BCUT2D eigenvalue weighted by atomic mass is 9.79. The molecule has 0 aliphatic carbocycles. The number of alkyl carbamates (subject to hydrolysis) is 1. The summed E-state index contributed by atoms with van der Waals surface area (Å²) in [5.74, 6) is 1.40. The minimum atomic E-state index is -1.73. The number of hydrogen-bond acceptors (Lipinski definition) is 13. The van der Waals surface area contributed by atoms with Crippen molar-refractivity contribution in [3.63, 3.8) is 0 Å². The number of imidazole rings is 1. The van der Waals surface area contributed by atoms with E-state index in [4.69, 9.17) is 55.9 Å². The SMILES string of the molecule is COc1ccc(C(OCCCC(OC(=O)NC[C@H]2O[C@@H](n3cnc4c(=O)[nH]cnc43)CC2OP(OCCC#N)N(C(C)C)C(C)C)(c2ccc(Cl)cc2)c2ccc(Cl)cc2)(c2ccccc2)c2ccc(OC)cc2)cc1. The predicted molar refractivity (Wildman–Crippen MR) is 292 cm³/mol. The summed E-state index contributed by atoms with van der Waals surface area (Å²) in [6, 6.07) is 42.3. The quantitative estimate of drug-likeness (QED) is 0.0331. The summed E-state index contributed by atoms with van der Waals surface area (Å²) in [6.45, 7) is 8.50. The molecule has 16 nitrogen and oxygen atoms in total. The number of amides is 1. The van der Waals surface area contributed by atoms with Crippen molar-refractivity contribution in [1.29, 1.82) is 5.26 Å². The lowest BCUT2D eigenvalue weighted by Gasteiger charge is -2.38. The molecule has 1 amide bonds. The van der Waals surface area contributed by atoms with Crippen LogP contribution < -0.4 is 20.3 Å². The van der Waals surface area contributed by atoms with Crippen molar-refractivity contribution < 1.29 is 37.5 Å². The van der Waals surface area contributed by atoms with Gasteiger partial charge >= 0.3 is 6.09 Å². The van der Waals surface area contributed by atoms with Crippen LogP contribution in [0.15, 0.2) is 145 Å². The van der Waals surface area contributed by atoms with Crippen LogP contribution in [0.3, 0.4) is 0 Å². The topological polar surface area (TPSA) is 184 Å². The van der Waals surface area contributed by atoms with Crippen LogP contribution in [0.25, 0.3) is 11.2 Å². The van der Waals surface area contributed by atoms with Gasteiger partial charge in [0.25, 0.3) is 14.1 Å². The molecule has 1 fully saturated rings. The van der Waals surface area contributed by atoms with Crippen molar-refractivity contribution in [2.24, 2.45) is 0 Å². The second kappa shape index (κ2) is 25.6. The molecule has 4 atom stereocenters. The molecular weight excluding hydrogens is 1030 g/mol. The molecule has 2 aromatic heterocycles. The molecular formula is C57H62Cl2N7O9P. The van der Waals surface area contributed by atoms with E-state index in [2.05, 4.69) is 58.7 Å². The van der Waals surface area contributed by atoms with Crippen LogP contribution in [-0.2, 0) is 34.5 Å². The number of fused-ring (bicyclic) bond motifs is 1. The number of carbonyl (C=O) groups is 1. The molecule has 0 spiro atoms. The van der Waals surface area contributed by atoms with Crippen molar-refractivity contribution in [2.75, 3.05) is 34.0 Å². The zero-order valence-corrected chi connectivity index (χ0v) is 45.6. The smallest absolute Gasteiger partial charge is 0.408 e. The van der Waals surface area contributed by atoms with Gasteiger partial charge in [-0.1, -0.05) is 102 Å². The fourth-order valence-corrected chi connectivity index (χ4v) is 11.7. The third-order valence-electron chi connectivity index (χ3n) is 13.2. The fraction of sp³-hybridized carbons (Fsp3) is 0.351. The van der Waals surface area contributed by atoms with E-state index in [1.807, 2.05) is 103 Å². The van der Waals surface area contributed by atoms with Gasteiger partial charge in [0.15, 0.2) is 16.8 Å². The molecule has 8 rings (SSSR count). The third-order valence-corrected chi connectivity index (χ3v) is 15.9. The lowest BCUT2D eigenvalue weighted by molar-refractivity contribution is -0.0210. The van der Waals surface area contributed by atoms with Crippen molar-refractivity contribution in [3.8, 4) is 17.6 Å². The Kier molecular flexibility index (Phi) is 18.8. The number of nitrogens with zero attached hydrogens (tertiary/aromatic N) is 5. The molecule has 2 N–H and O–H groups in total. The highest BCUT2D eigenvalue weighted by Gasteiger charge is 2.44. The maximum atomic E-state index is 14.8. The summed E-state index contributed by atoms with van der Waals surface area (Å²) in [4.78, 5) is 38.8. The number of nitrogens with one attached hydrogen (secondary N) is 2. The van der Waals surface area contributed by atoms with Crippen LogP contribution in [0.2, 0.25) is 10.0 Å². The number of methoxy groups -OCH3 is 2. The van der Waals surface area contributed by atoms with E-state index >= 15 is 0 Å². The summed E-state index contributed by atoms with van der Waals surface area (Å²) in [5.41, 5.74) is 1.52. The maximum Gasteiger partial charge on any atom is 0.408 e. The molecule has 398 valence electrons. The number of halogens is 2. The Morgan fingerprint density at radius 3 is 1.95 bits per heavy atom. The zero-order chi connectivity index (χ0) is 53.8. The fourth-order valence-electron chi connectivity index (χ4n) is 9.71. The van der Waals surface area contributed by atoms with Crippen molar-refractivity contribution in [2.45, 2.75) is 95.1 Å². The van der Waals surface area contributed by atoms with E-state index < -0.39 is 49.8 Å². The first-order valence-electron chi connectivity index (χ1n) is 25.1. The first-order valence-corrected chi connectivity index (χ1v) is 27.0. The molecule has 0 radical (unpaired) electrons. The van der Waals surface area contributed by atoms with Gasteiger partial charge in [-0.15, -0.1) is 0 Å². The van der Waals surface area contributed by atoms with Crippen LogP contribution in [0.4, 0.5) is 4.79 Å². The molecule has 19 heteroatoms. The Hall–Kier alpha value is -6.38. The molecule has 3 heterocycles. The van der Waals surface area contributed by atoms with Crippen LogP contribution in [0, 0.1) is 11.3 Å². The van der Waals surface area contributed by atoms with Gasteiger partial charge in [-0.3, -0.25) is 9.36 Å². The van der Waals surface area contributed by atoms with Gasteiger partial charge in [0, 0.05) is 52.8 Å². The number of ether oxygens (including phenoxy) is 5. The number of aromatic amines is 1. The van der Waals surface area contributed by atoms with E-state index in [1.165, 1.54) is 12.7 Å². The van der Waals surface area contributed by atoms with Gasteiger partial charge < -0.3 is 43.0 Å². The summed E-state index contributed by atoms with van der Waals surface area (Å²) in [7, 11) is 1.53. The second-order valence-corrected chi connectivity index (χ2v) is 21.0. The van der Waals surface area contributed by atoms with Gasteiger partial charge in [0.1, 0.15) is 29.4 Å². The van der Waals surface area contributed by atoms with Crippen LogP contribution in [0.1, 0.15) is 87.4 Å². The van der Waals surface area contributed by atoms with Crippen molar-refractivity contribution >= 4 is 49.0 Å². The van der Waals surface area contributed by atoms with Crippen LogP contribution in [-0.4, -0.2) is 88.6 Å². The molecule has 0 saturated carbocycles. The Morgan fingerprint density at radius 1 is 0.829 bits per heavy atom. The van der Waals surface area contributed by atoms with Gasteiger partial charge in [-0.2, -0.15) is 5.26 Å². The number of H-pyrrole nitrogens is 1. The van der Waals surface area contributed by atoms with E-state index in [0.29, 0.717) is 44.7 Å². The van der Waals surface area contributed by atoms with E-state index in [9.17, 15) is 14.9 Å². The Labute approximate surface area is 454 Å². The number of carbonyl (C=O) groups excluding carboxylic acids is 1. The monoisotopic (exact) mass is 1090 g/mol. The van der Waals surface area contributed by atoms with Gasteiger partial charge in [-0.05, 0) is 106 Å². The van der Waals surface area contributed by atoms with Gasteiger partial charge in [0.2, 0.25) is 0 Å². The number of rotatable bonds is 24. The highest BCUT2D eigenvalue weighted by Crippen LogP contribution is 2.50. The largest absolute Gasteiger partial charge is 0.497 e. The highest BCUT2D eigenvalue weighted by molar-refractivity contribution is 7.44. The van der Waals surface area contributed by atoms with Crippen LogP contribution >= 0.6 is 31.7 Å². The molecule has 1 aliphatic rings. The Bertz CT molecular complexity index is 2980. The first-order chi connectivity index (χ1) is 36.8. The number of aromatic nitrogens is 4. The summed E-state index contributed by atoms with van der Waals surface area (Å²) in [5, 5.41) is 13.5. The number of nitriles is 1. The lowest BCUT2D eigenvalue weighted by Crippen LogP contribution is -2.43. The maximum absolute atomic E-state index is 14.8. The highest BCUT2D eigenvalue weighted by atomic mass is 35.5. The van der Waals surface area contributed by atoms with E-state index in [-0.39, 0.29) is 56.6 Å².